The van der Waals surface area contributed by atoms with E-state index < -0.39 is 6.10 Å². The number of hydrogen-bond acceptors (Lipinski definition) is 6. The first-order chi connectivity index (χ1) is 29.0. The predicted molar refractivity (Wildman–Crippen MR) is 252 cm³/mol. The monoisotopic (exact) mass is 831 g/mol. The lowest BCUT2D eigenvalue weighted by Crippen LogP contribution is -2.30. The zero-order chi connectivity index (χ0) is 43.0. The maximum atomic E-state index is 12.8. The van der Waals surface area contributed by atoms with Crippen LogP contribution in [0.2, 0.25) is 0 Å². The van der Waals surface area contributed by atoms with Crippen LogP contribution in [0.15, 0.2) is 24.3 Å². The average molecular weight is 831 g/mol. The Kier molecular flexibility index (Phi) is 46.8. The molecule has 0 N–H and O–H groups in total. The second-order valence-corrected chi connectivity index (χ2v) is 17.4. The molecule has 0 saturated carbocycles. The molecular weight excluding hydrogens is 733 g/mol. The van der Waals surface area contributed by atoms with Crippen molar-refractivity contribution in [1.82, 2.24) is 0 Å². The summed E-state index contributed by atoms with van der Waals surface area (Å²) in [5.41, 5.74) is 0. The third-order valence-corrected chi connectivity index (χ3v) is 11.5. The SMILES string of the molecule is CCCCC/C=C\C/C=C\CCCCCCCCCC(=O)OCC(COC(=O)CCCCCCCCCCC)OC(=O)CCCCCCCCCCCCCCCCC. The molecule has 0 aliphatic carbocycles. The Balaban J connectivity index is 4.29. The summed E-state index contributed by atoms with van der Waals surface area (Å²) in [5.74, 6) is -0.866. The van der Waals surface area contributed by atoms with Crippen LogP contribution >= 0.6 is 0 Å². The maximum Gasteiger partial charge on any atom is 0.306 e. The van der Waals surface area contributed by atoms with E-state index in [9.17, 15) is 14.4 Å². The summed E-state index contributed by atoms with van der Waals surface area (Å²) in [4.78, 5) is 37.9. The Morgan fingerprint density at radius 1 is 0.339 bits per heavy atom. The van der Waals surface area contributed by atoms with Crippen LogP contribution in [0.5, 0.6) is 0 Å². The molecule has 346 valence electrons. The third kappa shape index (κ3) is 46.8. The lowest BCUT2D eigenvalue weighted by atomic mass is 10.0. The van der Waals surface area contributed by atoms with E-state index >= 15 is 0 Å². The summed E-state index contributed by atoms with van der Waals surface area (Å²) in [6.45, 7) is 6.61. The Labute approximate surface area is 366 Å². The van der Waals surface area contributed by atoms with Gasteiger partial charge in [-0.05, 0) is 51.4 Å². The van der Waals surface area contributed by atoms with Crippen molar-refractivity contribution in [3.63, 3.8) is 0 Å². The number of rotatable bonds is 47. The maximum absolute atomic E-state index is 12.8. The number of ether oxygens (including phenoxy) is 3. The number of carbonyl (C=O) groups excluding carboxylic acids is 3. The minimum atomic E-state index is -0.767. The summed E-state index contributed by atoms with van der Waals surface area (Å²) < 4.78 is 16.8. The molecule has 0 saturated heterocycles. The van der Waals surface area contributed by atoms with Crippen LogP contribution in [0, 0.1) is 0 Å². The Bertz CT molecular complexity index is 958. The second kappa shape index (κ2) is 48.6. The highest BCUT2D eigenvalue weighted by atomic mass is 16.6. The van der Waals surface area contributed by atoms with Gasteiger partial charge in [0.25, 0.3) is 0 Å². The van der Waals surface area contributed by atoms with Gasteiger partial charge in [-0.1, -0.05) is 231 Å². The molecule has 1 unspecified atom stereocenters. The van der Waals surface area contributed by atoms with E-state index in [1.165, 1.54) is 167 Å². The fourth-order valence-corrected chi connectivity index (χ4v) is 7.53. The third-order valence-electron chi connectivity index (χ3n) is 11.5. The lowest BCUT2D eigenvalue weighted by molar-refractivity contribution is -0.167. The molecule has 6 heteroatoms. The fraction of sp³-hybridized carbons (Fsp3) is 0.868. The van der Waals surface area contributed by atoms with Gasteiger partial charge in [0.05, 0.1) is 0 Å². The van der Waals surface area contributed by atoms with Crippen molar-refractivity contribution in [2.75, 3.05) is 13.2 Å². The Hall–Kier alpha value is -2.11. The predicted octanol–water partition coefficient (Wildman–Crippen LogP) is 16.8. The van der Waals surface area contributed by atoms with Crippen LogP contribution in [-0.4, -0.2) is 37.2 Å². The molecule has 0 aromatic heterocycles. The normalized spacial score (nSPS) is 12.1. The van der Waals surface area contributed by atoms with Crippen LogP contribution in [0.4, 0.5) is 0 Å². The van der Waals surface area contributed by atoms with Gasteiger partial charge in [-0.2, -0.15) is 0 Å². The van der Waals surface area contributed by atoms with Crippen molar-refractivity contribution >= 4 is 17.9 Å². The minimum Gasteiger partial charge on any atom is -0.462 e. The van der Waals surface area contributed by atoms with E-state index in [-0.39, 0.29) is 31.1 Å². The van der Waals surface area contributed by atoms with Gasteiger partial charge in [-0.3, -0.25) is 14.4 Å². The molecule has 0 aromatic rings. The number of unbranched alkanes of at least 4 members (excludes halogenated alkanes) is 32. The first-order valence-corrected chi connectivity index (χ1v) is 25.8. The average Bonchev–Trinajstić information content (AvgIpc) is 3.23. The van der Waals surface area contributed by atoms with Crippen molar-refractivity contribution in [2.24, 2.45) is 0 Å². The topological polar surface area (TPSA) is 78.9 Å². The van der Waals surface area contributed by atoms with Gasteiger partial charge in [0.15, 0.2) is 6.10 Å². The standard InChI is InChI=1S/C53H98O6/c1-4-7-10-13-16-19-21-23-25-26-28-29-31-34-37-40-43-46-52(55)58-49-50(48-57-51(54)45-42-39-36-33-18-15-12-9-6-3)59-53(56)47-44-41-38-35-32-30-27-24-22-20-17-14-11-8-5-2/h16,19,23,25,50H,4-15,17-18,20-22,24,26-49H2,1-3H3/b19-16-,25-23-. The molecule has 1 atom stereocenters. The van der Waals surface area contributed by atoms with Gasteiger partial charge in [0, 0.05) is 19.3 Å². The van der Waals surface area contributed by atoms with Crippen molar-refractivity contribution in [3.05, 3.63) is 24.3 Å². The summed E-state index contributed by atoms with van der Waals surface area (Å²) in [5, 5.41) is 0. The zero-order valence-corrected chi connectivity index (χ0v) is 39.5. The molecular formula is C53H98O6. The first-order valence-electron chi connectivity index (χ1n) is 25.8. The second-order valence-electron chi connectivity index (χ2n) is 17.4. The summed E-state index contributed by atoms with van der Waals surface area (Å²) in [6, 6.07) is 0. The highest BCUT2D eigenvalue weighted by Gasteiger charge is 2.19. The molecule has 0 aliphatic heterocycles. The van der Waals surface area contributed by atoms with E-state index in [0.29, 0.717) is 19.3 Å². The largest absolute Gasteiger partial charge is 0.462 e. The van der Waals surface area contributed by atoms with E-state index in [0.717, 1.165) is 70.6 Å². The van der Waals surface area contributed by atoms with Gasteiger partial charge in [0.1, 0.15) is 13.2 Å². The van der Waals surface area contributed by atoms with E-state index in [1.807, 2.05) is 0 Å². The van der Waals surface area contributed by atoms with Gasteiger partial charge in [-0.25, -0.2) is 0 Å². The van der Waals surface area contributed by atoms with Crippen LogP contribution in [0.3, 0.4) is 0 Å². The molecule has 0 rings (SSSR count). The van der Waals surface area contributed by atoms with Gasteiger partial charge < -0.3 is 14.2 Å². The molecule has 59 heavy (non-hydrogen) atoms. The Morgan fingerprint density at radius 2 is 0.610 bits per heavy atom. The summed E-state index contributed by atoms with van der Waals surface area (Å²) in [7, 11) is 0. The molecule has 0 fully saturated rings. The number of carbonyl (C=O) groups is 3. The molecule has 0 amide bonds. The first kappa shape index (κ1) is 56.9. The molecule has 6 nitrogen and oxygen atoms in total. The molecule has 0 aromatic carbocycles. The van der Waals surface area contributed by atoms with Gasteiger partial charge >= 0.3 is 17.9 Å². The smallest absolute Gasteiger partial charge is 0.306 e. The Morgan fingerprint density at radius 3 is 0.966 bits per heavy atom. The molecule has 0 bridgehead atoms. The quantitative estimate of drug-likeness (QED) is 0.0263. The lowest BCUT2D eigenvalue weighted by Gasteiger charge is -2.18. The molecule has 0 heterocycles. The molecule has 0 aliphatic rings. The highest BCUT2D eigenvalue weighted by molar-refractivity contribution is 5.71. The van der Waals surface area contributed by atoms with E-state index in [1.54, 1.807) is 0 Å². The van der Waals surface area contributed by atoms with Crippen LogP contribution in [-0.2, 0) is 28.6 Å². The van der Waals surface area contributed by atoms with Crippen LogP contribution in [0.1, 0.15) is 278 Å². The van der Waals surface area contributed by atoms with Crippen molar-refractivity contribution in [3.8, 4) is 0 Å². The number of allylic oxidation sites excluding steroid dienone is 4. The van der Waals surface area contributed by atoms with Gasteiger partial charge in [0.2, 0.25) is 0 Å². The van der Waals surface area contributed by atoms with Gasteiger partial charge in [-0.15, -0.1) is 0 Å². The minimum absolute atomic E-state index is 0.0693. The highest BCUT2D eigenvalue weighted by Crippen LogP contribution is 2.16. The molecule has 0 radical (unpaired) electrons. The van der Waals surface area contributed by atoms with Crippen LogP contribution in [0.25, 0.3) is 0 Å². The van der Waals surface area contributed by atoms with E-state index in [4.69, 9.17) is 14.2 Å². The van der Waals surface area contributed by atoms with Crippen molar-refractivity contribution < 1.29 is 28.6 Å². The number of hydrogen-bond donors (Lipinski definition) is 0. The van der Waals surface area contributed by atoms with E-state index in [2.05, 4.69) is 45.1 Å². The number of esters is 3. The summed E-state index contributed by atoms with van der Waals surface area (Å²) in [6.07, 6.45) is 54.4. The molecule has 0 spiro atoms. The van der Waals surface area contributed by atoms with Crippen molar-refractivity contribution in [1.29, 1.82) is 0 Å². The zero-order valence-electron chi connectivity index (χ0n) is 39.5. The summed E-state index contributed by atoms with van der Waals surface area (Å²) >= 11 is 0. The fourth-order valence-electron chi connectivity index (χ4n) is 7.53. The van der Waals surface area contributed by atoms with Crippen LogP contribution < -0.4 is 0 Å². The van der Waals surface area contributed by atoms with Crippen molar-refractivity contribution in [2.45, 2.75) is 284 Å².